The van der Waals surface area contributed by atoms with E-state index < -0.39 is 0 Å². The number of benzene rings is 6. The zero-order valence-corrected chi connectivity index (χ0v) is 22.7. The Morgan fingerprint density at radius 2 is 1.13 bits per heavy atom. The van der Waals surface area contributed by atoms with Crippen LogP contribution >= 0.6 is 22.7 Å². The fourth-order valence-electron chi connectivity index (χ4n) is 5.71. The third-order valence-electron chi connectivity index (χ3n) is 7.48. The van der Waals surface area contributed by atoms with Gasteiger partial charge in [0.25, 0.3) is 0 Å². The Hall–Kier alpha value is -4.44. The fraction of sp³-hybridized carbons (Fsp3) is 0. The SMILES string of the molecule is c1ccc(-c2cc(Nc3cccc4c3sc3ccccc34)ccc2-c2cccc3sc4ccccc4c23)cc1. The first-order chi connectivity index (χ1) is 19.3. The number of rotatable bonds is 4. The Balaban J connectivity index is 1.31. The van der Waals surface area contributed by atoms with Crippen LogP contribution in [-0.4, -0.2) is 0 Å². The van der Waals surface area contributed by atoms with Gasteiger partial charge in [-0.3, -0.25) is 0 Å². The minimum atomic E-state index is 1.09. The number of hydrogen-bond acceptors (Lipinski definition) is 3. The standard InChI is InChI=1S/C36H23NS2/c1-2-10-23(11-3-1)30-22-24(37-31-16-8-15-28-26-12-4-6-17-32(26)39-36(28)31)20-21-25(30)27-14-9-19-34-35(27)29-13-5-7-18-33(29)38-34/h1-22,37H. The molecule has 1 nitrogen and oxygen atoms in total. The largest absolute Gasteiger partial charge is 0.354 e. The highest BCUT2D eigenvalue weighted by Gasteiger charge is 2.16. The molecule has 0 saturated heterocycles. The quantitative estimate of drug-likeness (QED) is 0.237. The lowest BCUT2D eigenvalue weighted by molar-refractivity contribution is 1.56. The summed E-state index contributed by atoms with van der Waals surface area (Å²) in [5.74, 6) is 0. The number of anilines is 2. The maximum absolute atomic E-state index is 3.77. The van der Waals surface area contributed by atoms with Crippen molar-refractivity contribution in [2.45, 2.75) is 0 Å². The van der Waals surface area contributed by atoms with E-state index in [1.807, 2.05) is 22.7 Å². The number of hydrogen-bond donors (Lipinski definition) is 1. The Morgan fingerprint density at radius 3 is 2.00 bits per heavy atom. The van der Waals surface area contributed by atoms with E-state index in [-0.39, 0.29) is 0 Å². The van der Waals surface area contributed by atoms with Crippen LogP contribution in [-0.2, 0) is 0 Å². The third-order valence-corrected chi connectivity index (χ3v) is 9.84. The molecule has 2 heterocycles. The van der Waals surface area contributed by atoms with Gasteiger partial charge in [-0.05, 0) is 58.7 Å². The summed E-state index contributed by atoms with van der Waals surface area (Å²) in [4.78, 5) is 0. The molecule has 0 bridgehead atoms. The van der Waals surface area contributed by atoms with Gasteiger partial charge in [-0.25, -0.2) is 0 Å². The molecule has 0 radical (unpaired) electrons. The van der Waals surface area contributed by atoms with Crippen LogP contribution in [0.2, 0.25) is 0 Å². The minimum Gasteiger partial charge on any atom is -0.354 e. The van der Waals surface area contributed by atoms with Crippen molar-refractivity contribution in [1.29, 1.82) is 0 Å². The highest BCUT2D eigenvalue weighted by molar-refractivity contribution is 7.26. The van der Waals surface area contributed by atoms with Crippen molar-refractivity contribution in [2.75, 3.05) is 5.32 Å². The maximum atomic E-state index is 3.77. The molecule has 8 aromatic rings. The summed E-state index contributed by atoms with van der Waals surface area (Å²) in [6, 6.07) is 48.3. The summed E-state index contributed by atoms with van der Waals surface area (Å²) in [6.45, 7) is 0. The molecule has 0 aliphatic heterocycles. The zero-order chi connectivity index (χ0) is 25.8. The molecule has 0 amide bonds. The van der Waals surface area contributed by atoms with Crippen LogP contribution in [0.1, 0.15) is 0 Å². The normalized spacial score (nSPS) is 11.6. The van der Waals surface area contributed by atoms with E-state index in [2.05, 4.69) is 139 Å². The molecule has 0 spiro atoms. The van der Waals surface area contributed by atoms with Crippen LogP contribution in [0.5, 0.6) is 0 Å². The number of thiophene rings is 2. The van der Waals surface area contributed by atoms with Gasteiger partial charge >= 0.3 is 0 Å². The van der Waals surface area contributed by atoms with Gasteiger partial charge in [0.15, 0.2) is 0 Å². The summed E-state index contributed by atoms with van der Waals surface area (Å²) < 4.78 is 5.26. The second kappa shape index (κ2) is 9.09. The monoisotopic (exact) mass is 533 g/mol. The number of fused-ring (bicyclic) bond motifs is 6. The second-order valence-electron chi connectivity index (χ2n) is 9.81. The van der Waals surface area contributed by atoms with Crippen molar-refractivity contribution in [3.05, 3.63) is 133 Å². The first-order valence-electron chi connectivity index (χ1n) is 13.1. The summed E-state index contributed by atoms with van der Waals surface area (Å²) in [6.07, 6.45) is 0. The van der Waals surface area contributed by atoms with E-state index in [0.29, 0.717) is 0 Å². The lowest BCUT2D eigenvalue weighted by atomic mass is 9.91. The van der Waals surface area contributed by atoms with Gasteiger partial charge in [-0.15, -0.1) is 22.7 Å². The van der Waals surface area contributed by atoms with Gasteiger partial charge in [0.1, 0.15) is 0 Å². The van der Waals surface area contributed by atoms with Crippen molar-refractivity contribution >= 4 is 74.4 Å². The van der Waals surface area contributed by atoms with Crippen molar-refractivity contribution in [2.24, 2.45) is 0 Å². The van der Waals surface area contributed by atoms with Gasteiger partial charge in [-0.2, -0.15) is 0 Å². The molecular formula is C36H23NS2. The molecule has 6 aromatic carbocycles. The summed E-state index contributed by atoms with van der Waals surface area (Å²) in [7, 11) is 0. The molecule has 0 saturated carbocycles. The van der Waals surface area contributed by atoms with E-state index in [4.69, 9.17) is 0 Å². The molecule has 0 aliphatic carbocycles. The van der Waals surface area contributed by atoms with Crippen molar-refractivity contribution in [3.8, 4) is 22.3 Å². The summed E-state index contributed by atoms with van der Waals surface area (Å²) in [5.41, 5.74) is 7.21. The van der Waals surface area contributed by atoms with Gasteiger partial charge in [0.05, 0.1) is 10.4 Å². The van der Waals surface area contributed by atoms with Crippen LogP contribution in [0, 0.1) is 0 Å². The van der Waals surface area contributed by atoms with Crippen molar-refractivity contribution < 1.29 is 0 Å². The van der Waals surface area contributed by atoms with Gasteiger partial charge < -0.3 is 5.32 Å². The first kappa shape index (κ1) is 22.5. The van der Waals surface area contributed by atoms with E-state index in [9.17, 15) is 0 Å². The smallest absolute Gasteiger partial charge is 0.0590 e. The maximum Gasteiger partial charge on any atom is 0.0590 e. The molecule has 184 valence electrons. The van der Waals surface area contributed by atoms with Gasteiger partial charge in [0, 0.05) is 41.3 Å². The van der Waals surface area contributed by atoms with Crippen molar-refractivity contribution in [1.82, 2.24) is 0 Å². The van der Waals surface area contributed by atoms with Crippen molar-refractivity contribution in [3.63, 3.8) is 0 Å². The predicted molar refractivity (Wildman–Crippen MR) is 173 cm³/mol. The first-order valence-corrected chi connectivity index (χ1v) is 14.7. The van der Waals surface area contributed by atoms with E-state index in [0.717, 1.165) is 11.4 Å². The third kappa shape index (κ3) is 3.74. The molecule has 39 heavy (non-hydrogen) atoms. The highest BCUT2D eigenvalue weighted by atomic mass is 32.1. The van der Waals surface area contributed by atoms with Crippen LogP contribution in [0.3, 0.4) is 0 Å². The fourth-order valence-corrected chi connectivity index (χ4v) is 8.02. The van der Waals surface area contributed by atoms with Gasteiger partial charge in [0.2, 0.25) is 0 Å². The molecule has 2 aromatic heterocycles. The van der Waals surface area contributed by atoms with Crippen LogP contribution in [0.25, 0.3) is 62.6 Å². The Morgan fingerprint density at radius 1 is 0.436 bits per heavy atom. The molecule has 8 rings (SSSR count). The lowest BCUT2D eigenvalue weighted by Gasteiger charge is -2.15. The predicted octanol–water partition coefficient (Wildman–Crippen LogP) is 11.5. The molecule has 0 unspecified atom stereocenters. The lowest BCUT2D eigenvalue weighted by Crippen LogP contribution is -1.93. The molecule has 0 atom stereocenters. The highest BCUT2D eigenvalue weighted by Crippen LogP contribution is 2.44. The van der Waals surface area contributed by atoms with E-state index in [1.54, 1.807) is 0 Å². The Kier molecular flexibility index (Phi) is 5.25. The molecular weight excluding hydrogens is 511 g/mol. The molecule has 0 aliphatic rings. The minimum absolute atomic E-state index is 1.09. The van der Waals surface area contributed by atoms with E-state index >= 15 is 0 Å². The van der Waals surface area contributed by atoms with Crippen LogP contribution < -0.4 is 5.32 Å². The van der Waals surface area contributed by atoms with Gasteiger partial charge in [-0.1, -0.05) is 97.1 Å². The van der Waals surface area contributed by atoms with Crippen LogP contribution in [0.4, 0.5) is 11.4 Å². The molecule has 3 heteroatoms. The topological polar surface area (TPSA) is 12.0 Å². The zero-order valence-electron chi connectivity index (χ0n) is 21.0. The molecule has 0 fully saturated rings. The number of nitrogens with one attached hydrogen (secondary N) is 1. The molecule has 1 N–H and O–H groups in total. The van der Waals surface area contributed by atoms with E-state index in [1.165, 1.54) is 62.6 Å². The average Bonchev–Trinajstić information content (AvgIpc) is 3.57. The Labute approximate surface area is 234 Å². The summed E-state index contributed by atoms with van der Waals surface area (Å²) in [5, 5.41) is 9.05. The average molecular weight is 534 g/mol. The second-order valence-corrected chi connectivity index (χ2v) is 11.9. The Bertz CT molecular complexity index is 2150. The van der Waals surface area contributed by atoms with Crippen LogP contribution in [0.15, 0.2) is 133 Å². The summed E-state index contributed by atoms with van der Waals surface area (Å²) >= 11 is 3.72.